The molecule has 0 radical (unpaired) electrons. The summed E-state index contributed by atoms with van der Waals surface area (Å²) < 4.78 is 5.26. The van der Waals surface area contributed by atoms with E-state index in [9.17, 15) is 15.2 Å². The van der Waals surface area contributed by atoms with Crippen LogP contribution in [0, 0.1) is 18.3 Å². The normalized spacial score (nSPS) is 11.2. The summed E-state index contributed by atoms with van der Waals surface area (Å²) in [5, 5.41) is 21.1. The van der Waals surface area contributed by atoms with Gasteiger partial charge in [-0.1, -0.05) is 36.4 Å². The number of hydrogen-bond acceptors (Lipinski definition) is 4. The average Bonchev–Trinajstić information content (AvgIpc) is 2.65. The van der Waals surface area contributed by atoms with Gasteiger partial charge < -0.3 is 15.2 Å². The average molecular weight is 348 g/mol. The minimum absolute atomic E-state index is 0.0131. The van der Waals surface area contributed by atoms with Crippen molar-refractivity contribution >= 4 is 12.0 Å². The predicted molar refractivity (Wildman–Crippen MR) is 100 cm³/mol. The number of phenolic OH excluding ortho intramolecular Hbond substituents is 1. The molecule has 0 spiro atoms. The molecule has 0 saturated heterocycles. The van der Waals surface area contributed by atoms with Gasteiger partial charge in [0, 0.05) is 6.54 Å². The van der Waals surface area contributed by atoms with Crippen LogP contribution in [0.5, 0.6) is 11.5 Å². The maximum Gasteiger partial charge on any atom is 0.262 e. The van der Waals surface area contributed by atoms with Crippen molar-refractivity contribution in [2.75, 3.05) is 7.11 Å². The van der Waals surface area contributed by atoms with E-state index in [1.54, 1.807) is 43.5 Å². The van der Waals surface area contributed by atoms with Crippen molar-refractivity contribution in [3.05, 3.63) is 76.9 Å². The summed E-state index contributed by atoms with van der Waals surface area (Å²) in [5.41, 5.74) is 2.76. The van der Waals surface area contributed by atoms with Crippen molar-refractivity contribution in [3.8, 4) is 17.6 Å². The number of ether oxygens (including phenoxy) is 1. The van der Waals surface area contributed by atoms with E-state index in [-0.39, 0.29) is 11.3 Å². The molecule has 0 atom stereocenters. The van der Waals surface area contributed by atoms with E-state index < -0.39 is 5.91 Å². The van der Waals surface area contributed by atoms with Gasteiger partial charge in [0.05, 0.1) is 7.11 Å². The van der Waals surface area contributed by atoms with Gasteiger partial charge in [0.15, 0.2) is 0 Å². The lowest BCUT2D eigenvalue weighted by molar-refractivity contribution is -0.117. The number of amides is 1. The number of rotatable bonds is 6. The zero-order valence-corrected chi connectivity index (χ0v) is 14.7. The lowest BCUT2D eigenvalue weighted by Crippen LogP contribution is -2.24. The molecule has 0 fully saturated rings. The van der Waals surface area contributed by atoms with E-state index in [0.29, 0.717) is 6.54 Å². The first-order chi connectivity index (χ1) is 12.5. The van der Waals surface area contributed by atoms with E-state index in [2.05, 4.69) is 5.32 Å². The highest BCUT2D eigenvalue weighted by Gasteiger charge is 2.08. The second-order valence-electron chi connectivity index (χ2n) is 5.63. The molecule has 2 rings (SSSR count). The molecule has 2 aromatic carbocycles. The third kappa shape index (κ3) is 5.25. The molecule has 2 N–H and O–H groups in total. The lowest BCUT2D eigenvalue weighted by Gasteiger charge is -2.08. The van der Waals surface area contributed by atoms with Gasteiger partial charge in [0.2, 0.25) is 0 Å². The molecule has 0 heterocycles. The van der Waals surface area contributed by atoms with Crippen LogP contribution in [0.2, 0.25) is 0 Å². The van der Waals surface area contributed by atoms with Crippen LogP contribution in [-0.4, -0.2) is 18.1 Å². The van der Waals surface area contributed by atoms with Gasteiger partial charge in [-0.15, -0.1) is 0 Å². The summed E-state index contributed by atoms with van der Waals surface area (Å²) >= 11 is 0. The van der Waals surface area contributed by atoms with E-state index in [4.69, 9.17) is 4.74 Å². The van der Waals surface area contributed by atoms with E-state index in [0.717, 1.165) is 22.4 Å². The Hall–Kier alpha value is -3.52. The van der Waals surface area contributed by atoms with Crippen molar-refractivity contribution in [2.45, 2.75) is 13.5 Å². The van der Waals surface area contributed by atoms with Crippen LogP contribution in [-0.2, 0) is 11.3 Å². The Bertz CT molecular complexity index is 875. The molecular formula is C21H20N2O3. The van der Waals surface area contributed by atoms with Crippen LogP contribution in [0.3, 0.4) is 0 Å². The SMILES string of the molecule is COc1cc(CNC(=O)/C(C#N)=C/C=C/c2ccc(O)cc2)ccc1C. The van der Waals surface area contributed by atoms with Crippen LogP contribution >= 0.6 is 0 Å². The van der Waals surface area contributed by atoms with Crippen LogP contribution in [0.4, 0.5) is 0 Å². The molecule has 26 heavy (non-hydrogen) atoms. The smallest absolute Gasteiger partial charge is 0.262 e. The molecule has 132 valence electrons. The molecule has 0 aliphatic rings. The first kappa shape index (κ1) is 18.8. The highest BCUT2D eigenvalue weighted by atomic mass is 16.5. The maximum absolute atomic E-state index is 12.2. The van der Waals surface area contributed by atoms with Crippen LogP contribution in [0.15, 0.2) is 60.2 Å². The molecule has 0 aromatic heterocycles. The molecule has 5 nitrogen and oxygen atoms in total. The molecule has 0 bridgehead atoms. The van der Waals surface area contributed by atoms with Crippen LogP contribution in [0.25, 0.3) is 6.08 Å². The highest BCUT2D eigenvalue weighted by molar-refractivity contribution is 5.97. The number of phenols is 1. The Morgan fingerprint density at radius 2 is 2.00 bits per heavy atom. The zero-order chi connectivity index (χ0) is 18.9. The molecule has 5 heteroatoms. The molecular weight excluding hydrogens is 328 g/mol. The zero-order valence-electron chi connectivity index (χ0n) is 14.7. The predicted octanol–water partition coefficient (Wildman–Crippen LogP) is 3.49. The van der Waals surface area contributed by atoms with Crippen LogP contribution < -0.4 is 10.1 Å². The van der Waals surface area contributed by atoms with Crippen molar-refractivity contribution in [3.63, 3.8) is 0 Å². The van der Waals surface area contributed by atoms with Gasteiger partial charge in [-0.25, -0.2) is 0 Å². The van der Waals surface area contributed by atoms with Gasteiger partial charge in [0.25, 0.3) is 5.91 Å². The maximum atomic E-state index is 12.2. The molecule has 2 aromatic rings. The number of aromatic hydroxyl groups is 1. The van der Waals surface area contributed by atoms with Crippen LogP contribution in [0.1, 0.15) is 16.7 Å². The molecule has 1 amide bonds. The number of aryl methyl sites for hydroxylation is 1. The summed E-state index contributed by atoms with van der Waals surface area (Å²) in [4.78, 5) is 12.2. The summed E-state index contributed by atoms with van der Waals surface area (Å²) in [6.45, 7) is 2.24. The highest BCUT2D eigenvalue weighted by Crippen LogP contribution is 2.18. The van der Waals surface area contributed by atoms with E-state index >= 15 is 0 Å². The monoisotopic (exact) mass is 348 g/mol. The Morgan fingerprint density at radius 3 is 2.65 bits per heavy atom. The van der Waals surface area contributed by atoms with Gasteiger partial charge in [0.1, 0.15) is 23.1 Å². The number of nitriles is 1. The molecule has 0 aliphatic heterocycles. The Balaban J connectivity index is 1.99. The number of methoxy groups -OCH3 is 1. The van der Waals surface area contributed by atoms with E-state index in [1.165, 1.54) is 6.08 Å². The number of carbonyl (C=O) groups is 1. The number of allylic oxidation sites excluding steroid dienone is 2. The van der Waals surface area contributed by atoms with E-state index in [1.807, 2.05) is 31.2 Å². The first-order valence-corrected chi connectivity index (χ1v) is 8.02. The lowest BCUT2D eigenvalue weighted by atomic mass is 10.1. The van der Waals surface area contributed by atoms with Gasteiger partial charge in [-0.05, 0) is 47.9 Å². The second-order valence-corrected chi connectivity index (χ2v) is 5.63. The third-order valence-corrected chi connectivity index (χ3v) is 3.74. The number of nitrogens with one attached hydrogen (secondary N) is 1. The number of benzene rings is 2. The standard InChI is InChI=1S/C21H20N2O3/c1-15-6-7-17(12-20(15)26-2)14-23-21(25)18(13-22)5-3-4-16-8-10-19(24)11-9-16/h3-12,24H,14H2,1-2H3,(H,23,25)/b4-3+,18-5+. The second kappa shape index (κ2) is 9.09. The minimum atomic E-state index is -0.442. The quantitative estimate of drug-likeness (QED) is 0.476. The van der Waals surface area contributed by atoms with Gasteiger partial charge in [-0.2, -0.15) is 5.26 Å². The fourth-order valence-corrected chi connectivity index (χ4v) is 2.26. The number of nitrogens with zero attached hydrogens (tertiary/aromatic N) is 1. The Labute approximate surface area is 152 Å². The summed E-state index contributed by atoms with van der Waals surface area (Å²) in [6.07, 6.45) is 4.83. The molecule has 0 unspecified atom stereocenters. The third-order valence-electron chi connectivity index (χ3n) is 3.74. The number of carbonyl (C=O) groups excluding carboxylic acids is 1. The Kier molecular flexibility index (Phi) is 6.58. The summed E-state index contributed by atoms with van der Waals surface area (Å²) in [7, 11) is 1.60. The fourth-order valence-electron chi connectivity index (χ4n) is 2.26. The molecule has 0 aliphatic carbocycles. The van der Waals surface area contributed by atoms with Crippen molar-refractivity contribution in [1.29, 1.82) is 5.26 Å². The summed E-state index contributed by atoms with van der Waals surface area (Å²) in [5.74, 6) is 0.495. The number of hydrogen-bond donors (Lipinski definition) is 2. The van der Waals surface area contributed by atoms with Gasteiger partial charge in [-0.3, -0.25) is 4.79 Å². The largest absolute Gasteiger partial charge is 0.508 e. The van der Waals surface area contributed by atoms with Crippen molar-refractivity contribution in [1.82, 2.24) is 5.32 Å². The van der Waals surface area contributed by atoms with Crippen molar-refractivity contribution < 1.29 is 14.6 Å². The fraction of sp³-hybridized carbons (Fsp3) is 0.143. The summed E-state index contributed by atoms with van der Waals surface area (Å²) in [6, 6.07) is 14.2. The minimum Gasteiger partial charge on any atom is -0.508 e. The Morgan fingerprint density at radius 1 is 1.27 bits per heavy atom. The molecule has 0 saturated carbocycles. The van der Waals surface area contributed by atoms with Crippen molar-refractivity contribution in [2.24, 2.45) is 0 Å². The first-order valence-electron chi connectivity index (χ1n) is 8.02. The van der Waals surface area contributed by atoms with Gasteiger partial charge >= 0.3 is 0 Å². The topological polar surface area (TPSA) is 82.3 Å².